The van der Waals surface area contributed by atoms with Gasteiger partial charge in [0.15, 0.2) is 0 Å². The van der Waals surface area contributed by atoms with Gasteiger partial charge < -0.3 is 0 Å². The summed E-state index contributed by atoms with van der Waals surface area (Å²) in [4.78, 5) is 11.2. The number of hydrogen-bond donors (Lipinski definition) is 1. The van der Waals surface area contributed by atoms with E-state index in [1.165, 1.54) is 6.07 Å². The van der Waals surface area contributed by atoms with Crippen LogP contribution in [0.5, 0.6) is 0 Å². The van der Waals surface area contributed by atoms with Crippen LogP contribution in [0.4, 0.5) is 17.6 Å². The Balaban J connectivity index is 2.01. The molecule has 1 aromatic carbocycles. The molecule has 1 heterocycles. The smallest absolute Gasteiger partial charge is 0.273 e. The van der Waals surface area contributed by atoms with Gasteiger partial charge in [0.1, 0.15) is 5.82 Å². The first-order chi connectivity index (χ1) is 8.88. The Morgan fingerprint density at radius 1 is 1.26 bits per heavy atom. The Labute approximate surface area is 105 Å². The summed E-state index contributed by atoms with van der Waals surface area (Å²) in [6.45, 7) is 0. The number of hydrogen-bond acceptors (Lipinski definition) is 2. The van der Waals surface area contributed by atoms with E-state index in [1.54, 1.807) is 0 Å². The van der Waals surface area contributed by atoms with Crippen LogP contribution < -0.4 is 5.43 Å². The second-order valence-corrected chi connectivity index (χ2v) is 4.61. The lowest BCUT2D eigenvalue weighted by atomic mass is 10.0. The van der Waals surface area contributed by atoms with Crippen molar-refractivity contribution in [3.63, 3.8) is 0 Å². The molecule has 1 N–H and O–H groups in total. The molecule has 1 saturated carbocycles. The number of carbonyl (C=O) groups excluding carboxylic acids is 1. The fourth-order valence-corrected chi connectivity index (χ4v) is 2.25. The zero-order valence-corrected chi connectivity index (χ0v) is 9.46. The molecule has 1 fully saturated rings. The van der Waals surface area contributed by atoms with Crippen molar-refractivity contribution in [1.29, 1.82) is 0 Å². The van der Waals surface area contributed by atoms with Crippen molar-refractivity contribution < 1.29 is 22.4 Å². The lowest BCUT2D eigenvalue weighted by molar-refractivity contribution is -0.140. The SMILES string of the molecule is O=C1NN=C(c2ccc(F)c(C(F)(F)F)c2)[C@@H]2C[C@H]12. The summed E-state index contributed by atoms with van der Waals surface area (Å²) in [5, 5.41) is 3.78. The third kappa shape index (κ3) is 1.98. The molecule has 3 rings (SSSR count). The highest BCUT2D eigenvalue weighted by molar-refractivity contribution is 6.09. The van der Waals surface area contributed by atoms with Crippen LogP contribution in [-0.2, 0) is 11.0 Å². The summed E-state index contributed by atoms with van der Waals surface area (Å²) in [5.74, 6) is -1.90. The minimum atomic E-state index is -4.75. The summed E-state index contributed by atoms with van der Waals surface area (Å²) < 4.78 is 51.0. The van der Waals surface area contributed by atoms with Crippen LogP contribution in [0, 0.1) is 17.7 Å². The first-order valence-electron chi connectivity index (χ1n) is 5.62. The molecule has 1 aliphatic heterocycles. The van der Waals surface area contributed by atoms with E-state index in [1.807, 2.05) is 0 Å². The number of alkyl halides is 3. The molecule has 0 radical (unpaired) electrons. The molecular weight excluding hydrogens is 264 g/mol. The average molecular weight is 272 g/mol. The molecule has 0 saturated heterocycles. The van der Waals surface area contributed by atoms with E-state index in [0.29, 0.717) is 12.1 Å². The molecule has 7 heteroatoms. The number of nitrogens with zero attached hydrogens (tertiary/aromatic N) is 1. The van der Waals surface area contributed by atoms with Crippen molar-refractivity contribution in [2.45, 2.75) is 12.6 Å². The van der Waals surface area contributed by atoms with Gasteiger partial charge in [-0.2, -0.15) is 18.3 Å². The number of hydrazone groups is 1. The standard InChI is InChI=1S/C12H8F4N2O/c13-9-2-1-5(3-8(9)12(14,15)16)10-6-4-7(6)11(19)18-17-10/h1-3,6-7H,4H2,(H,18,19)/t6-,7+/m1/s1. The monoisotopic (exact) mass is 272 g/mol. The van der Waals surface area contributed by atoms with Crippen LogP contribution in [0.15, 0.2) is 23.3 Å². The number of fused-ring (bicyclic) bond motifs is 1. The average Bonchev–Trinajstić information content (AvgIpc) is 3.10. The van der Waals surface area contributed by atoms with E-state index >= 15 is 0 Å². The number of rotatable bonds is 1. The quantitative estimate of drug-likeness (QED) is 0.783. The normalized spacial score (nSPS) is 25.5. The van der Waals surface area contributed by atoms with E-state index in [0.717, 1.165) is 12.1 Å². The van der Waals surface area contributed by atoms with Crippen LogP contribution in [-0.4, -0.2) is 11.6 Å². The lowest BCUT2D eigenvalue weighted by Gasteiger charge is -2.14. The van der Waals surface area contributed by atoms with Gasteiger partial charge in [-0.25, -0.2) is 9.82 Å². The highest BCUT2D eigenvalue weighted by Gasteiger charge is 2.49. The maximum absolute atomic E-state index is 13.2. The van der Waals surface area contributed by atoms with Crippen molar-refractivity contribution in [3.05, 3.63) is 35.1 Å². The Morgan fingerprint density at radius 2 is 2.00 bits per heavy atom. The van der Waals surface area contributed by atoms with Gasteiger partial charge in [0.05, 0.1) is 11.3 Å². The summed E-state index contributed by atoms with van der Waals surface area (Å²) in [6, 6.07) is 2.76. The van der Waals surface area contributed by atoms with Gasteiger partial charge in [-0.15, -0.1) is 0 Å². The number of amides is 1. The molecule has 0 bridgehead atoms. The topological polar surface area (TPSA) is 41.5 Å². The van der Waals surface area contributed by atoms with E-state index in [2.05, 4.69) is 10.5 Å². The van der Waals surface area contributed by atoms with Crippen LogP contribution in [0.25, 0.3) is 0 Å². The van der Waals surface area contributed by atoms with E-state index in [9.17, 15) is 22.4 Å². The van der Waals surface area contributed by atoms with Crippen LogP contribution >= 0.6 is 0 Å². The van der Waals surface area contributed by atoms with Gasteiger partial charge in [-0.1, -0.05) is 6.07 Å². The van der Waals surface area contributed by atoms with E-state index in [4.69, 9.17) is 0 Å². The van der Waals surface area contributed by atoms with Crippen molar-refractivity contribution in [2.24, 2.45) is 16.9 Å². The minimum Gasteiger partial charge on any atom is -0.273 e. The molecule has 0 spiro atoms. The van der Waals surface area contributed by atoms with Gasteiger partial charge in [0.25, 0.3) is 0 Å². The molecule has 0 unspecified atom stereocenters. The highest BCUT2D eigenvalue weighted by atomic mass is 19.4. The minimum absolute atomic E-state index is 0.153. The Bertz CT molecular complexity index is 594. The summed E-state index contributed by atoms with van der Waals surface area (Å²) in [7, 11) is 0. The molecule has 3 nitrogen and oxygen atoms in total. The molecule has 1 aliphatic carbocycles. The predicted octanol–water partition coefficient (Wildman–Crippen LogP) is 2.31. The van der Waals surface area contributed by atoms with Gasteiger partial charge in [0.2, 0.25) is 5.91 Å². The molecule has 1 aromatic rings. The van der Waals surface area contributed by atoms with Gasteiger partial charge >= 0.3 is 6.18 Å². The van der Waals surface area contributed by atoms with Gasteiger partial charge in [0, 0.05) is 11.8 Å². The zero-order chi connectivity index (χ0) is 13.8. The van der Waals surface area contributed by atoms with Gasteiger partial charge in [-0.05, 0) is 24.1 Å². The molecule has 2 atom stereocenters. The molecule has 19 heavy (non-hydrogen) atoms. The van der Waals surface area contributed by atoms with E-state index in [-0.39, 0.29) is 23.3 Å². The third-order valence-electron chi connectivity index (χ3n) is 3.33. The number of carbonyl (C=O) groups is 1. The van der Waals surface area contributed by atoms with Crippen LogP contribution in [0.1, 0.15) is 17.5 Å². The van der Waals surface area contributed by atoms with Crippen molar-refractivity contribution in [3.8, 4) is 0 Å². The molecule has 2 aliphatic rings. The molecular formula is C12H8F4N2O. The second-order valence-electron chi connectivity index (χ2n) is 4.61. The maximum atomic E-state index is 13.2. The summed E-state index contributed by atoms with van der Waals surface area (Å²) in [5.41, 5.74) is 1.53. The second kappa shape index (κ2) is 3.79. The summed E-state index contributed by atoms with van der Waals surface area (Å²) in [6.07, 6.45) is -4.18. The molecule has 0 aromatic heterocycles. The van der Waals surface area contributed by atoms with Crippen LogP contribution in [0.3, 0.4) is 0 Å². The maximum Gasteiger partial charge on any atom is 0.419 e. The first kappa shape index (κ1) is 12.1. The summed E-state index contributed by atoms with van der Waals surface area (Å²) >= 11 is 0. The van der Waals surface area contributed by atoms with Crippen molar-refractivity contribution >= 4 is 11.6 Å². The fourth-order valence-electron chi connectivity index (χ4n) is 2.25. The fraction of sp³-hybridized carbons (Fsp3) is 0.333. The Morgan fingerprint density at radius 3 is 2.68 bits per heavy atom. The number of halogens is 4. The first-order valence-corrected chi connectivity index (χ1v) is 5.62. The number of benzene rings is 1. The largest absolute Gasteiger partial charge is 0.419 e. The van der Waals surface area contributed by atoms with Crippen molar-refractivity contribution in [1.82, 2.24) is 5.43 Å². The van der Waals surface area contributed by atoms with Crippen molar-refractivity contribution in [2.75, 3.05) is 0 Å². The van der Waals surface area contributed by atoms with Gasteiger partial charge in [-0.3, -0.25) is 4.79 Å². The molecule has 1 amide bonds. The van der Waals surface area contributed by atoms with Crippen LogP contribution in [0.2, 0.25) is 0 Å². The van der Waals surface area contributed by atoms with E-state index < -0.39 is 17.6 Å². The number of nitrogens with one attached hydrogen (secondary N) is 1. The Hall–Kier alpha value is -1.92. The Kier molecular flexibility index (Phi) is 2.42. The lowest BCUT2D eigenvalue weighted by Crippen LogP contribution is -2.29. The molecule has 100 valence electrons. The third-order valence-corrected chi connectivity index (χ3v) is 3.33. The zero-order valence-electron chi connectivity index (χ0n) is 9.46. The predicted molar refractivity (Wildman–Crippen MR) is 57.7 cm³/mol. The highest BCUT2D eigenvalue weighted by Crippen LogP contribution is 2.44.